The first-order valence-corrected chi connectivity index (χ1v) is 11.8. The van der Waals surface area contributed by atoms with Gasteiger partial charge in [-0.25, -0.2) is 9.59 Å². The number of alkyl halides is 3. The highest BCUT2D eigenvalue weighted by Gasteiger charge is 2.31. The summed E-state index contributed by atoms with van der Waals surface area (Å²) in [6.07, 6.45) is -3.39. The standard InChI is InChI=1S/C27H22F3N5O5/c1-39-25(37)19-9-7-18(8-10-19)15-35-16-24(40-34-35)33-26(38)32-22-13-20(27(28,29)30)12-21(14-22)31-23(36)11-17-5-3-2-4-6-17/h2-10,12-14,16H,11,15H2,1H3,(H2-,31,32,33,34,36,38)/p+1. The lowest BCUT2D eigenvalue weighted by Gasteiger charge is -2.14. The second kappa shape index (κ2) is 12.1. The van der Waals surface area contributed by atoms with Crippen LogP contribution >= 0.6 is 0 Å². The summed E-state index contributed by atoms with van der Waals surface area (Å²) in [5, 5.41) is 10.9. The molecule has 3 aromatic carbocycles. The molecule has 0 radical (unpaired) electrons. The van der Waals surface area contributed by atoms with Crippen molar-refractivity contribution in [2.75, 3.05) is 23.1 Å². The van der Waals surface area contributed by atoms with E-state index in [0.29, 0.717) is 11.1 Å². The second-order valence-electron chi connectivity index (χ2n) is 8.54. The monoisotopic (exact) mass is 554 g/mol. The van der Waals surface area contributed by atoms with Crippen LogP contribution in [0, 0.1) is 0 Å². The number of nitrogens with one attached hydrogen (secondary N) is 3. The van der Waals surface area contributed by atoms with Gasteiger partial charge in [-0.05, 0) is 40.6 Å². The van der Waals surface area contributed by atoms with Gasteiger partial charge in [0.15, 0.2) is 0 Å². The molecule has 3 N–H and O–H groups in total. The fourth-order valence-corrected chi connectivity index (χ4v) is 3.66. The largest absolute Gasteiger partial charge is 0.465 e. The fraction of sp³-hybridized carbons (Fsp3) is 0.148. The zero-order chi connectivity index (χ0) is 28.7. The van der Waals surface area contributed by atoms with E-state index in [1.54, 1.807) is 54.6 Å². The van der Waals surface area contributed by atoms with Crippen LogP contribution in [0.2, 0.25) is 0 Å². The maximum atomic E-state index is 13.5. The summed E-state index contributed by atoms with van der Waals surface area (Å²) in [5.41, 5.74) is 0.433. The van der Waals surface area contributed by atoms with Crippen LogP contribution in [-0.4, -0.2) is 30.3 Å². The minimum absolute atomic E-state index is 0.0404. The molecular weight excluding hydrogens is 531 g/mol. The molecule has 4 aromatic rings. The summed E-state index contributed by atoms with van der Waals surface area (Å²) in [7, 11) is 1.28. The van der Waals surface area contributed by atoms with E-state index in [-0.39, 0.29) is 30.2 Å². The van der Waals surface area contributed by atoms with Crippen LogP contribution in [0.15, 0.2) is 83.5 Å². The van der Waals surface area contributed by atoms with E-state index in [1.807, 2.05) is 0 Å². The molecule has 0 aliphatic rings. The molecule has 40 heavy (non-hydrogen) atoms. The lowest BCUT2D eigenvalue weighted by Crippen LogP contribution is -2.35. The second-order valence-corrected chi connectivity index (χ2v) is 8.54. The smallest absolute Gasteiger partial charge is 0.416 e. The fourth-order valence-electron chi connectivity index (χ4n) is 3.66. The molecule has 0 saturated heterocycles. The number of carbonyl (C=O) groups is 3. The van der Waals surface area contributed by atoms with E-state index in [9.17, 15) is 27.6 Å². The molecule has 0 saturated carbocycles. The Morgan fingerprint density at radius 2 is 1.57 bits per heavy atom. The molecule has 0 fully saturated rings. The first kappa shape index (κ1) is 27.8. The molecule has 0 atom stereocenters. The highest BCUT2D eigenvalue weighted by molar-refractivity contribution is 6.00. The predicted octanol–water partition coefficient (Wildman–Crippen LogP) is 4.64. The minimum atomic E-state index is -4.72. The van der Waals surface area contributed by atoms with E-state index in [1.165, 1.54) is 24.1 Å². The number of hydrogen-bond donors (Lipinski definition) is 3. The van der Waals surface area contributed by atoms with Gasteiger partial charge in [0.25, 0.3) is 6.20 Å². The van der Waals surface area contributed by atoms with Gasteiger partial charge in [-0.1, -0.05) is 42.5 Å². The summed E-state index contributed by atoms with van der Waals surface area (Å²) >= 11 is 0. The van der Waals surface area contributed by atoms with Crippen LogP contribution in [0.25, 0.3) is 0 Å². The van der Waals surface area contributed by atoms with E-state index in [2.05, 4.69) is 26.0 Å². The van der Waals surface area contributed by atoms with Gasteiger partial charge >= 0.3 is 24.1 Å². The lowest BCUT2D eigenvalue weighted by atomic mass is 10.1. The van der Waals surface area contributed by atoms with Crippen LogP contribution < -0.4 is 20.6 Å². The van der Waals surface area contributed by atoms with Crippen molar-refractivity contribution < 1.29 is 41.5 Å². The number of amides is 3. The Labute approximate surface area is 225 Å². The minimum Gasteiger partial charge on any atom is -0.465 e. The van der Waals surface area contributed by atoms with Crippen LogP contribution in [0.3, 0.4) is 0 Å². The van der Waals surface area contributed by atoms with Crippen LogP contribution in [0.1, 0.15) is 27.0 Å². The van der Waals surface area contributed by atoms with Gasteiger partial charge in [0.1, 0.15) is 0 Å². The van der Waals surface area contributed by atoms with Crippen LogP contribution in [0.5, 0.6) is 0 Å². The number of carbonyl (C=O) groups excluding carboxylic acids is 3. The first-order chi connectivity index (χ1) is 19.1. The number of halogens is 3. The van der Waals surface area contributed by atoms with Crippen molar-refractivity contribution in [1.82, 2.24) is 5.27 Å². The van der Waals surface area contributed by atoms with Crippen molar-refractivity contribution in [3.05, 3.63) is 101 Å². The molecule has 1 heterocycles. The highest BCUT2D eigenvalue weighted by atomic mass is 19.4. The van der Waals surface area contributed by atoms with Gasteiger partial charge in [-0.15, -0.1) is 0 Å². The van der Waals surface area contributed by atoms with Gasteiger partial charge in [-0.2, -0.15) is 13.2 Å². The molecule has 4 rings (SSSR count). The summed E-state index contributed by atoms with van der Waals surface area (Å²) in [5.74, 6) is -1.07. The molecule has 0 unspecified atom stereocenters. The van der Waals surface area contributed by atoms with Crippen molar-refractivity contribution in [2.45, 2.75) is 19.1 Å². The van der Waals surface area contributed by atoms with E-state index in [0.717, 1.165) is 17.7 Å². The number of hydrogen-bond acceptors (Lipinski definition) is 6. The van der Waals surface area contributed by atoms with Crippen molar-refractivity contribution in [2.24, 2.45) is 0 Å². The molecular formula is C27H23F3N5O5+. The number of rotatable bonds is 8. The summed E-state index contributed by atoms with van der Waals surface area (Å²) in [4.78, 5) is 36.4. The average Bonchev–Trinajstić information content (AvgIpc) is 3.34. The SMILES string of the molecule is COC(=O)c1ccc(C[n+]2cc(NC(=O)Nc3cc(NC(=O)Cc4ccccc4)cc(C(F)(F)F)c3)on2)cc1. The van der Waals surface area contributed by atoms with E-state index >= 15 is 0 Å². The maximum Gasteiger partial charge on any atom is 0.416 e. The number of nitrogens with zero attached hydrogens (tertiary/aromatic N) is 2. The third-order valence-corrected chi connectivity index (χ3v) is 5.48. The number of benzene rings is 3. The molecule has 0 aliphatic heterocycles. The van der Waals surface area contributed by atoms with Gasteiger partial charge in [0, 0.05) is 16.9 Å². The number of methoxy groups -OCH3 is 1. The molecule has 0 spiro atoms. The van der Waals surface area contributed by atoms with Gasteiger partial charge in [0.2, 0.25) is 17.7 Å². The first-order valence-electron chi connectivity index (χ1n) is 11.8. The quantitative estimate of drug-likeness (QED) is 0.215. The van der Waals surface area contributed by atoms with Crippen molar-refractivity contribution in [1.29, 1.82) is 0 Å². The maximum absolute atomic E-state index is 13.5. The Morgan fingerprint density at radius 3 is 2.23 bits per heavy atom. The average molecular weight is 555 g/mol. The zero-order valence-corrected chi connectivity index (χ0v) is 21.0. The summed E-state index contributed by atoms with van der Waals surface area (Å²) in [6.45, 7) is 0.244. The number of ether oxygens (including phenoxy) is 1. The van der Waals surface area contributed by atoms with Crippen molar-refractivity contribution >= 4 is 35.2 Å². The Bertz CT molecular complexity index is 1510. The van der Waals surface area contributed by atoms with Crippen molar-refractivity contribution in [3.8, 4) is 0 Å². The summed E-state index contributed by atoms with van der Waals surface area (Å²) in [6, 6.07) is 17.1. The van der Waals surface area contributed by atoms with Crippen molar-refractivity contribution in [3.63, 3.8) is 0 Å². The third-order valence-electron chi connectivity index (χ3n) is 5.48. The number of esters is 1. The molecule has 10 nitrogen and oxygen atoms in total. The number of aromatic nitrogens is 2. The third kappa shape index (κ3) is 7.66. The molecule has 206 valence electrons. The zero-order valence-electron chi connectivity index (χ0n) is 21.0. The van der Waals surface area contributed by atoms with Crippen LogP contribution in [0.4, 0.5) is 35.2 Å². The number of anilines is 3. The number of urea groups is 1. The van der Waals surface area contributed by atoms with Crippen LogP contribution in [-0.2, 0) is 28.7 Å². The summed E-state index contributed by atoms with van der Waals surface area (Å²) < 4.78 is 51.6. The predicted molar refractivity (Wildman–Crippen MR) is 136 cm³/mol. The van der Waals surface area contributed by atoms with E-state index < -0.39 is 29.6 Å². The van der Waals surface area contributed by atoms with Gasteiger partial charge in [-0.3, -0.25) is 14.6 Å². The normalized spacial score (nSPS) is 11.0. The molecule has 0 bridgehead atoms. The van der Waals surface area contributed by atoms with Gasteiger partial charge in [0.05, 0.1) is 24.7 Å². The Kier molecular flexibility index (Phi) is 8.42. The molecule has 1 aromatic heterocycles. The Morgan fingerprint density at radius 1 is 0.900 bits per heavy atom. The molecule has 3 amide bonds. The van der Waals surface area contributed by atoms with E-state index in [4.69, 9.17) is 4.52 Å². The molecule has 0 aliphatic carbocycles. The Hall–Kier alpha value is -5.20. The highest BCUT2D eigenvalue weighted by Crippen LogP contribution is 2.33. The van der Waals surface area contributed by atoms with Gasteiger partial charge < -0.3 is 15.4 Å². The Balaban J connectivity index is 1.40. The topological polar surface area (TPSA) is 126 Å². The lowest BCUT2D eigenvalue weighted by molar-refractivity contribution is -0.754. The molecule has 13 heteroatoms.